The van der Waals surface area contributed by atoms with Gasteiger partial charge in [0.15, 0.2) is 5.96 Å². The second kappa shape index (κ2) is 8.71. The highest BCUT2D eigenvalue weighted by molar-refractivity contribution is 5.85. The molecular formula is C18H25ClN6O. The van der Waals surface area contributed by atoms with Crippen molar-refractivity contribution in [2.24, 2.45) is 16.5 Å². The highest BCUT2D eigenvalue weighted by atomic mass is 35.5. The molecule has 140 valence electrons. The molecule has 0 unspecified atom stereocenters. The number of nitrogens with two attached hydrogens (primary N) is 2. The highest BCUT2D eigenvalue weighted by Crippen LogP contribution is 2.24. The van der Waals surface area contributed by atoms with E-state index in [1.165, 1.54) is 23.8 Å². The van der Waals surface area contributed by atoms with Gasteiger partial charge in [0.2, 0.25) is 0 Å². The van der Waals surface area contributed by atoms with Crippen molar-refractivity contribution in [2.45, 2.75) is 38.1 Å². The highest BCUT2D eigenvalue weighted by Gasteiger charge is 2.23. The number of guanidine groups is 1. The number of amides is 1. The Hall–Kier alpha value is -2.54. The molecule has 0 radical (unpaired) electrons. The Morgan fingerprint density at radius 3 is 2.69 bits per heavy atom. The van der Waals surface area contributed by atoms with E-state index in [-0.39, 0.29) is 24.4 Å². The Morgan fingerprint density at radius 1 is 1.27 bits per heavy atom. The molecule has 2 aromatic rings. The number of carbonyl (C=O) groups is 1. The van der Waals surface area contributed by atoms with Crippen LogP contribution in [0, 0.1) is 0 Å². The van der Waals surface area contributed by atoms with E-state index in [0.29, 0.717) is 17.4 Å². The number of aromatic nitrogens is 2. The van der Waals surface area contributed by atoms with Crippen LogP contribution in [0.4, 0.5) is 10.5 Å². The van der Waals surface area contributed by atoms with E-state index in [0.717, 1.165) is 18.4 Å². The van der Waals surface area contributed by atoms with Crippen LogP contribution in [0.3, 0.4) is 0 Å². The Labute approximate surface area is 159 Å². The van der Waals surface area contributed by atoms with Crippen LogP contribution in [0.15, 0.2) is 41.8 Å². The minimum absolute atomic E-state index is 0. The van der Waals surface area contributed by atoms with Gasteiger partial charge in [-0.05, 0) is 25.0 Å². The van der Waals surface area contributed by atoms with Gasteiger partial charge in [-0.3, -0.25) is 4.57 Å². The zero-order chi connectivity index (χ0) is 17.8. The number of hydrogen-bond donors (Lipinski definition) is 2. The third-order valence-electron chi connectivity index (χ3n) is 4.63. The molecule has 0 aliphatic heterocycles. The Morgan fingerprint density at radius 2 is 2.00 bits per heavy atom. The molecule has 0 saturated heterocycles. The van der Waals surface area contributed by atoms with Gasteiger partial charge in [0.25, 0.3) is 0 Å². The van der Waals surface area contributed by atoms with E-state index >= 15 is 0 Å². The topological polar surface area (TPSA) is 103 Å². The van der Waals surface area contributed by atoms with Crippen molar-refractivity contribution in [1.29, 1.82) is 0 Å². The van der Waals surface area contributed by atoms with Crippen LogP contribution in [0.1, 0.15) is 32.1 Å². The summed E-state index contributed by atoms with van der Waals surface area (Å²) in [6.07, 6.45) is 9.10. The fourth-order valence-corrected chi connectivity index (χ4v) is 3.27. The first-order valence-corrected chi connectivity index (χ1v) is 8.56. The normalized spacial score (nSPS) is 14.3. The van der Waals surface area contributed by atoms with Crippen LogP contribution >= 0.6 is 12.4 Å². The maximum absolute atomic E-state index is 12.7. The molecule has 4 N–H and O–H groups in total. The Kier molecular flexibility index (Phi) is 6.63. The van der Waals surface area contributed by atoms with Crippen molar-refractivity contribution in [3.8, 4) is 11.3 Å². The minimum atomic E-state index is -0.0500. The van der Waals surface area contributed by atoms with Crippen LogP contribution in [-0.2, 0) is 0 Å². The van der Waals surface area contributed by atoms with Crippen molar-refractivity contribution in [1.82, 2.24) is 14.5 Å². The van der Waals surface area contributed by atoms with Crippen LogP contribution in [0.5, 0.6) is 0 Å². The fraction of sp³-hybridized carbons (Fsp3) is 0.389. The number of carbonyl (C=O) groups excluding carboxylic acids is 1. The largest absolute Gasteiger partial charge is 0.370 e. The van der Waals surface area contributed by atoms with Gasteiger partial charge in [-0.2, -0.15) is 0 Å². The zero-order valence-electron chi connectivity index (χ0n) is 14.8. The van der Waals surface area contributed by atoms with E-state index in [1.807, 2.05) is 36.2 Å². The van der Waals surface area contributed by atoms with Crippen molar-refractivity contribution in [3.63, 3.8) is 0 Å². The third kappa shape index (κ3) is 4.54. The van der Waals surface area contributed by atoms with Crippen LogP contribution < -0.4 is 11.5 Å². The number of rotatable bonds is 3. The molecule has 1 aliphatic carbocycles. The van der Waals surface area contributed by atoms with E-state index in [9.17, 15) is 4.79 Å². The third-order valence-corrected chi connectivity index (χ3v) is 4.63. The molecule has 26 heavy (non-hydrogen) atoms. The van der Waals surface area contributed by atoms with Gasteiger partial charge in [-0.1, -0.05) is 31.4 Å². The summed E-state index contributed by atoms with van der Waals surface area (Å²) in [5.74, 6) is 0.00645. The number of aliphatic imine (C=N–C) groups is 1. The summed E-state index contributed by atoms with van der Waals surface area (Å²) in [5, 5.41) is 0. The van der Waals surface area contributed by atoms with Crippen molar-refractivity contribution >= 4 is 30.1 Å². The number of hydrogen-bond acceptors (Lipinski definition) is 3. The van der Waals surface area contributed by atoms with Gasteiger partial charge >= 0.3 is 6.03 Å². The van der Waals surface area contributed by atoms with E-state index in [4.69, 9.17) is 11.5 Å². The van der Waals surface area contributed by atoms with Crippen molar-refractivity contribution in [3.05, 3.63) is 36.8 Å². The maximum atomic E-state index is 12.7. The molecular weight excluding hydrogens is 352 g/mol. The predicted molar refractivity (Wildman–Crippen MR) is 106 cm³/mol. The number of halogens is 1. The van der Waals surface area contributed by atoms with Crippen LogP contribution in [-0.4, -0.2) is 39.5 Å². The van der Waals surface area contributed by atoms with Gasteiger partial charge in [-0.15, -0.1) is 12.4 Å². The molecule has 1 aromatic heterocycles. The van der Waals surface area contributed by atoms with Crippen LogP contribution in [0.25, 0.3) is 11.3 Å². The second-order valence-corrected chi connectivity index (χ2v) is 6.44. The lowest BCUT2D eigenvalue weighted by molar-refractivity contribution is 0.175. The predicted octanol–water partition coefficient (Wildman–Crippen LogP) is 3.11. The fourth-order valence-electron chi connectivity index (χ4n) is 3.27. The summed E-state index contributed by atoms with van der Waals surface area (Å²) in [4.78, 5) is 22.9. The maximum Gasteiger partial charge on any atom is 0.329 e. The molecule has 1 amide bonds. The first kappa shape index (κ1) is 19.8. The molecule has 1 saturated carbocycles. The summed E-state index contributed by atoms with van der Waals surface area (Å²) in [7, 11) is 1.87. The molecule has 1 aliphatic rings. The summed E-state index contributed by atoms with van der Waals surface area (Å²) in [6.45, 7) is 0. The lowest BCUT2D eigenvalue weighted by atomic mass is 9.95. The van der Waals surface area contributed by atoms with E-state index < -0.39 is 0 Å². The van der Waals surface area contributed by atoms with Gasteiger partial charge in [0, 0.05) is 24.8 Å². The molecule has 0 bridgehead atoms. The summed E-state index contributed by atoms with van der Waals surface area (Å²) in [6, 6.07) is 7.67. The molecule has 1 fully saturated rings. The average Bonchev–Trinajstić information content (AvgIpc) is 3.11. The van der Waals surface area contributed by atoms with E-state index in [1.54, 1.807) is 12.5 Å². The van der Waals surface area contributed by atoms with Crippen LogP contribution in [0.2, 0.25) is 0 Å². The summed E-state index contributed by atoms with van der Waals surface area (Å²) < 4.78 is 1.54. The molecule has 1 heterocycles. The van der Waals surface area contributed by atoms with Gasteiger partial charge < -0.3 is 16.4 Å². The zero-order valence-corrected chi connectivity index (χ0v) is 15.7. The van der Waals surface area contributed by atoms with Gasteiger partial charge in [0.1, 0.15) is 6.33 Å². The smallest absolute Gasteiger partial charge is 0.329 e. The quantitative estimate of drug-likeness (QED) is 0.634. The number of nitrogens with zero attached hydrogens (tertiary/aromatic N) is 4. The average molecular weight is 377 g/mol. The molecule has 0 spiro atoms. The first-order chi connectivity index (χ1) is 12.0. The lowest BCUT2D eigenvalue weighted by Gasteiger charge is -2.31. The van der Waals surface area contributed by atoms with Gasteiger partial charge in [0.05, 0.1) is 11.4 Å². The van der Waals surface area contributed by atoms with E-state index in [2.05, 4.69) is 9.98 Å². The molecule has 7 nitrogen and oxygen atoms in total. The second-order valence-electron chi connectivity index (χ2n) is 6.44. The Balaban J connectivity index is 0.00000243. The van der Waals surface area contributed by atoms with Crippen molar-refractivity contribution < 1.29 is 4.79 Å². The lowest BCUT2D eigenvalue weighted by Crippen LogP contribution is -2.40. The summed E-state index contributed by atoms with van der Waals surface area (Å²) >= 11 is 0. The minimum Gasteiger partial charge on any atom is -0.370 e. The number of imidazole rings is 1. The number of benzene rings is 1. The first-order valence-electron chi connectivity index (χ1n) is 8.56. The SMILES string of the molecule is CN(C(=O)n1cnc(-c2cccc(N=C(N)N)c2)c1)C1CCCCC1.Cl. The molecule has 8 heteroatoms. The standard InChI is InChI=1S/C18H24N6O.ClH/c1-23(15-8-3-2-4-9-15)18(25)24-11-16(21-12-24)13-6-5-7-14(10-13)22-17(19)20;/h5-7,10-12,15H,2-4,8-9H2,1H3,(H4,19,20,22);1H. The monoisotopic (exact) mass is 376 g/mol. The molecule has 3 rings (SSSR count). The van der Waals surface area contributed by atoms with Gasteiger partial charge in [-0.25, -0.2) is 14.8 Å². The van der Waals surface area contributed by atoms with Crippen molar-refractivity contribution in [2.75, 3.05) is 7.05 Å². The Bertz CT molecular complexity index is 777. The molecule has 1 aromatic carbocycles. The molecule has 0 atom stereocenters. The summed E-state index contributed by atoms with van der Waals surface area (Å²) in [5.41, 5.74) is 13.1.